The van der Waals surface area contributed by atoms with Crippen LogP contribution >= 0.6 is 0 Å². The number of para-hydroxylation sites is 1. The summed E-state index contributed by atoms with van der Waals surface area (Å²) >= 11 is 0. The lowest BCUT2D eigenvalue weighted by molar-refractivity contribution is -0.127. The van der Waals surface area contributed by atoms with Crippen LogP contribution in [0.4, 0.5) is 5.69 Å². The molecule has 1 fully saturated rings. The Bertz CT molecular complexity index is 748. The molecule has 1 saturated heterocycles. The first kappa shape index (κ1) is 19.0. The quantitative estimate of drug-likeness (QED) is 0.729. The summed E-state index contributed by atoms with van der Waals surface area (Å²) in [6.07, 6.45) is 4.27. The van der Waals surface area contributed by atoms with Gasteiger partial charge in [0.25, 0.3) is 5.91 Å². The van der Waals surface area contributed by atoms with Crippen molar-refractivity contribution in [2.45, 2.75) is 18.4 Å². The third-order valence-corrected chi connectivity index (χ3v) is 4.73. The SMILES string of the molecule is COCCNC(=O)C1(Nc2ccccc2)CCCN(C(=O)c2ccoc2)C1. The van der Waals surface area contributed by atoms with E-state index < -0.39 is 5.54 Å². The first-order valence-corrected chi connectivity index (χ1v) is 9.06. The minimum atomic E-state index is -0.896. The molecule has 7 nitrogen and oxygen atoms in total. The van der Waals surface area contributed by atoms with E-state index in [4.69, 9.17) is 9.15 Å². The maximum absolute atomic E-state index is 13.1. The van der Waals surface area contributed by atoms with E-state index in [0.29, 0.717) is 31.7 Å². The van der Waals surface area contributed by atoms with E-state index in [9.17, 15) is 9.59 Å². The average Bonchev–Trinajstić information content (AvgIpc) is 3.23. The molecule has 7 heteroatoms. The molecule has 1 unspecified atom stereocenters. The molecule has 144 valence electrons. The fraction of sp³-hybridized carbons (Fsp3) is 0.400. The molecular weight excluding hydrogens is 346 g/mol. The number of rotatable bonds is 7. The molecule has 2 aromatic rings. The smallest absolute Gasteiger partial charge is 0.257 e. The highest BCUT2D eigenvalue weighted by Gasteiger charge is 2.43. The van der Waals surface area contributed by atoms with Crippen molar-refractivity contribution < 1.29 is 18.7 Å². The lowest BCUT2D eigenvalue weighted by Crippen LogP contribution is -2.62. The number of piperidine rings is 1. The molecule has 0 spiro atoms. The van der Waals surface area contributed by atoms with E-state index in [2.05, 4.69) is 10.6 Å². The number of amides is 2. The highest BCUT2D eigenvalue weighted by atomic mass is 16.5. The number of ether oxygens (including phenoxy) is 1. The molecule has 1 aromatic carbocycles. The topological polar surface area (TPSA) is 83.8 Å². The van der Waals surface area contributed by atoms with Crippen molar-refractivity contribution in [3.63, 3.8) is 0 Å². The fourth-order valence-electron chi connectivity index (χ4n) is 3.38. The predicted octanol–water partition coefficient (Wildman–Crippen LogP) is 2.13. The van der Waals surface area contributed by atoms with Crippen LogP contribution in [0.25, 0.3) is 0 Å². The number of benzene rings is 1. The second-order valence-electron chi connectivity index (χ2n) is 6.66. The molecule has 0 radical (unpaired) electrons. The van der Waals surface area contributed by atoms with Gasteiger partial charge in [0.05, 0.1) is 25.0 Å². The number of likely N-dealkylation sites (tertiary alicyclic amines) is 1. The van der Waals surface area contributed by atoms with E-state index in [1.165, 1.54) is 12.5 Å². The van der Waals surface area contributed by atoms with Crippen LogP contribution in [0, 0.1) is 0 Å². The van der Waals surface area contributed by atoms with Crippen LogP contribution in [0.2, 0.25) is 0 Å². The van der Waals surface area contributed by atoms with Gasteiger partial charge < -0.3 is 24.7 Å². The van der Waals surface area contributed by atoms with E-state index in [-0.39, 0.29) is 18.4 Å². The molecule has 1 aromatic heterocycles. The summed E-state index contributed by atoms with van der Waals surface area (Å²) in [5.41, 5.74) is 0.439. The summed E-state index contributed by atoms with van der Waals surface area (Å²) in [4.78, 5) is 27.5. The molecule has 0 saturated carbocycles. The molecule has 2 N–H and O–H groups in total. The average molecular weight is 371 g/mol. The Hall–Kier alpha value is -2.80. The van der Waals surface area contributed by atoms with Crippen molar-refractivity contribution in [2.24, 2.45) is 0 Å². The van der Waals surface area contributed by atoms with Gasteiger partial charge in [0.1, 0.15) is 11.8 Å². The summed E-state index contributed by atoms with van der Waals surface area (Å²) in [5.74, 6) is -0.263. The Morgan fingerprint density at radius 1 is 1.26 bits per heavy atom. The molecule has 0 bridgehead atoms. The highest BCUT2D eigenvalue weighted by Crippen LogP contribution is 2.27. The number of methoxy groups -OCH3 is 1. The lowest BCUT2D eigenvalue weighted by atomic mass is 9.87. The van der Waals surface area contributed by atoms with E-state index in [1.54, 1.807) is 18.1 Å². The minimum Gasteiger partial charge on any atom is -0.472 e. The predicted molar refractivity (Wildman–Crippen MR) is 102 cm³/mol. The number of nitrogens with one attached hydrogen (secondary N) is 2. The van der Waals surface area contributed by atoms with Gasteiger partial charge in [0, 0.05) is 25.9 Å². The van der Waals surface area contributed by atoms with Gasteiger partial charge in [-0.3, -0.25) is 9.59 Å². The Morgan fingerprint density at radius 3 is 2.78 bits per heavy atom. The van der Waals surface area contributed by atoms with Crippen LogP contribution in [0.3, 0.4) is 0 Å². The van der Waals surface area contributed by atoms with Gasteiger partial charge in [-0.05, 0) is 31.0 Å². The van der Waals surface area contributed by atoms with Gasteiger partial charge in [-0.1, -0.05) is 18.2 Å². The number of carbonyl (C=O) groups excluding carboxylic acids is 2. The first-order valence-electron chi connectivity index (χ1n) is 9.06. The number of hydrogen-bond acceptors (Lipinski definition) is 5. The summed E-state index contributed by atoms with van der Waals surface area (Å²) in [6, 6.07) is 11.2. The molecular formula is C20H25N3O4. The van der Waals surface area contributed by atoms with Crippen LogP contribution in [0.1, 0.15) is 23.2 Å². The number of nitrogens with zero attached hydrogens (tertiary/aromatic N) is 1. The van der Waals surface area contributed by atoms with Crippen LogP contribution < -0.4 is 10.6 Å². The summed E-state index contributed by atoms with van der Waals surface area (Å²) in [7, 11) is 1.59. The van der Waals surface area contributed by atoms with E-state index >= 15 is 0 Å². The zero-order valence-electron chi connectivity index (χ0n) is 15.4. The van der Waals surface area contributed by atoms with Crippen molar-refractivity contribution in [1.29, 1.82) is 0 Å². The van der Waals surface area contributed by atoms with Gasteiger partial charge in [0.15, 0.2) is 0 Å². The summed E-state index contributed by atoms with van der Waals surface area (Å²) in [5, 5.41) is 6.31. The van der Waals surface area contributed by atoms with Crippen molar-refractivity contribution >= 4 is 17.5 Å². The fourth-order valence-corrected chi connectivity index (χ4v) is 3.38. The highest BCUT2D eigenvalue weighted by molar-refractivity contribution is 5.96. The van der Waals surface area contributed by atoms with Gasteiger partial charge >= 0.3 is 0 Å². The summed E-state index contributed by atoms with van der Waals surface area (Å²) < 4.78 is 10.1. The monoisotopic (exact) mass is 371 g/mol. The third kappa shape index (κ3) is 4.49. The van der Waals surface area contributed by atoms with Crippen molar-refractivity contribution in [1.82, 2.24) is 10.2 Å². The lowest BCUT2D eigenvalue weighted by Gasteiger charge is -2.42. The zero-order valence-corrected chi connectivity index (χ0v) is 15.4. The van der Waals surface area contributed by atoms with Gasteiger partial charge in [0.2, 0.25) is 5.91 Å². The molecule has 2 heterocycles. The minimum absolute atomic E-state index is 0.131. The number of carbonyl (C=O) groups is 2. The van der Waals surface area contributed by atoms with Crippen LogP contribution in [-0.4, -0.2) is 55.6 Å². The molecule has 1 aliphatic rings. The van der Waals surface area contributed by atoms with Crippen LogP contribution in [0.15, 0.2) is 53.3 Å². The number of anilines is 1. The zero-order chi connectivity index (χ0) is 19.1. The Morgan fingerprint density at radius 2 is 2.07 bits per heavy atom. The number of furan rings is 1. The van der Waals surface area contributed by atoms with Crippen molar-refractivity contribution in [3.05, 3.63) is 54.5 Å². The van der Waals surface area contributed by atoms with Gasteiger partial charge in [-0.2, -0.15) is 0 Å². The second-order valence-corrected chi connectivity index (χ2v) is 6.66. The molecule has 2 amide bonds. The second kappa shape index (κ2) is 8.73. The van der Waals surface area contributed by atoms with E-state index in [0.717, 1.165) is 12.1 Å². The maximum atomic E-state index is 13.1. The maximum Gasteiger partial charge on any atom is 0.257 e. The Kier molecular flexibility index (Phi) is 6.13. The molecule has 27 heavy (non-hydrogen) atoms. The van der Waals surface area contributed by atoms with Gasteiger partial charge in [-0.25, -0.2) is 0 Å². The molecule has 0 aliphatic carbocycles. The van der Waals surface area contributed by atoms with Crippen molar-refractivity contribution in [2.75, 3.05) is 38.7 Å². The Labute approximate surface area is 158 Å². The molecule has 3 rings (SSSR count). The van der Waals surface area contributed by atoms with Crippen LogP contribution in [0.5, 0.6) is 0 Å². The van der Waals surface area contributed by atoms with E-state index in [1.807, 2.05) is 30.3 Å². The molecule has 1 atom stereocenters. The Balaban J connectivity index is 1.81. The van der Waals surface area contributed by atoms with Crippen molar-refractivity contribution in [3.8, 4) is 0 Å². The normalized spacial score (nSPS) is 19.5. The van der Waals surface area contributed by atoms with Gasteiger partial charge in [-0.15, -0.1) is 0 Å². The first-order chi connectivity index (χ1) is 13.1. The summed E-state index contributed by atoms with van der Waals surface area (Å²) in [6.45, 7) is 1.74. The third-order valence-electron chi connectivity index (χ3n) is 4.73. The molecule has 1 aliphatic heterocycles. The largest absolute Gasteiger partial charge is 0.472 e. The standard InChI is InChI=1S/C20H25N3O4/c1-26-13-10-21-19(25)20(22-17-6-3-2-4-7-17)9-5-11-23(15-20)18(24)16-8-12-27-14-16/h2-4,6-8,12,14,22H,5,9-11,13,15H2,1H3,(H,21,25). The van der Waals surface area contributed by atoms with Crippen LogP contribution in [-0.2, 0) is 9.53 Å². The number of hydrogen-bond donors (Lipinski definition) is 2.